The Morgan fingerprint density at radius 1 is 1.09 bits per heavy atom. The average molecular weight is 479 g/mol. The van der Waals surface area contributed by atoms with E-state index >= 15 is 0 Å². The van der Waals surface area contributed by atoms with E-state index in [4.69, 9.17) is 14.6 Å². The van der Waals surface area contributed by atoms with Crippen molar-refractivity contribution >= 4 is 23.4 Å². The van der Waals surface area contributed by atoms with Gasteiger partial charge in [0.05, 0.1) is 31.7 Å². The van der Waals surface area contributed by atoms with E-state index in [0.717, 1.165) is 28.3 Å². The number of amides is 1. The number of methoxy groups -OCH3 is 2. The summed E-state index contributed by atoms with van der Waals surface area (Å²) in [6.45, 7) is 1.93. The van der Waals surface area contributed by atoms with Crippen molar-refractivity contribution in [2.45, 2.75) is 31.0 Å². The Bertz CT molecular complexity index is 1240. The van der Waals surface area contributed by atoms with Gasteiger partial charge in [-0.1, -0.05) is 30.8 Å². The summed E-state index contributed by atoms with van der Waals surface area (Å²) in [7, 11) is 3.24. The minimum atomic E-state index is -0.245. The highest BCUT2D eigenvalue weighted by atomic mass is 32.2. The molecule has 1 aromatic heterocycles. The minimum Gasteiger partial charge on any atom is -0.497 e. The SMILES string of the molecule is CCc1cc(=O)[nH]c(SCC(=O)N2N=C(c3ccc(OC)cc3)C[C@H]2c2ccc(OC)cc2)n1. The molecule has 2 heterocycles. The van der Waals surface area contributed by atoms with Gasteiger partial charge < -0.3 is 14.5 Å². The second-order valence-corrected chi connectivity index (χ2v) is 8.65. The number of rotatable bonds is 8. The highest BCUT2D eigenvalue weighted by Crippen LogP contribution is 2.34. The van der Waals surface area contributed by atoms with Gasteiger partial charge in [-0.15, -0.1) is 0 Å². The van der Waals surface area contributed by atoms with Gasteiger partial charge >= 0.3 is 0 Å². The van der Waals surface area contributed by atoms with Crippen molar-refractivity contribution in [1.82, 2.24) is 15.0 Å². The van der Waals surface area contributed by atoms with Crippen LogP contribution < -0.4 is 15.0 Å². The Balaban J connectivity index is 1.58. The Morgan fingerprint density at radius 2 is 1.74 bits per heavy atom. The lowest BCUT2D eigenvalue weighted by atomic mass is 9.98. The monoisotopic (exact) mass is 478 g/mol. The maximum absolute atomic E-state index is 13.3. The van der Waals surface area contributed by atoms with Gasteiger partial charge in [-0.25, -0.2) is 9.99 Å². The van der Waals surface area contributed by atoms with E-state index in [2.05, 4.69) is 9.97 Å². The number of carbonyl (C=O) groups excluding carboxylic acids is 1. The molecule has 1 aliphatic heterocycles. The lowest BCUT2D eigenvalue weighted by molar-refractivity contribution is -0.130. The van der Waals surface area contributed by atoms with Gasteiger partial charge in [0.1, 0.15) is 11.5 Å². The number of nitrogens with zero attached hydrogens (tertiary/aromatic N) is 3. The largest absolute Gasteiger partial charge is 0.497 e. The Labute approximate surface area is 202 Å². The number of carbonyl (C=O) groups is 1. The van der Waals surface area contributed by atoms with Crippen LogP contribution in [0.5, 0.6) is 11.5 Å². The Hall–Kier alpha value is -3.59. The molecule has 0 unspecified atom stereocenters. The molecule has 0 fully saturated rings. The standard InChI is InChI=1S/C25H26N4O4S/c1-4-18-13-23(30)27-25(26-18)34-15-24(31)29-22(17-7-11-20(33-3)12-8-17)14-21(28-29)16-5-9-19(32-2)10-6-16/h5-13,22H,4,14-15H2,1-3H3,(H,26,27,30)/t22-/m0/s1. The summed E-state index contributed by atoms with van der Waals surface area (Å²) in [5.41, 5.74) is 3.19. The number of hydrogen-bond donors (Lipinski definition) is 1. The number of nitrogens with one attached hydrogen (secondary N) is 1. The number of aryl methyl sites for hydroxylation is 1. The van der Waals surface area contributed by atoms with E-state index in [1.807, 2.05) is 55.5 Å². The van der Waals surface area contributed by atoms with Crippen molar-refractivity contribution in [2.75, 3.05) is 20.0 Å². The van der Waals surface area contributed by atoms with Gasteiger partial charge in [-0.3, -0.25) is 9.59 Å². The van der Waals surface area contributed by atoms with Crippen LogP contribution in [0.25, 0.3) is 0 Å². The average Bonchev–Trinajstić information content (AvgIpc) is 3.32. The number of aromatic amines is 1. The number of hydrogen-bond acceptors (Lipinski definition) is 7. The predicted molar refractivity (Wildman–Crippen MR) is 132 cm³/mol. The summed E-state index contributed by atoms with van der Waals surface area (Å²) in [6.07, 6.45) is 1.22. The van der Waals surface area contributed by atoms with Crippen molar-refractivity contribution < 1.29 is 14.3 Å². The van der Waals surface area contributed by atoms with E-state index in [0.29, 0.717) is 23.7 Å². The van der Waals surface area contributed by atoms with Crippen LogP contribution in [0.1, 0.15) is 36.2 Å². The molecule has 0 spiro atoms. The highest BCUT2D eigenvalue weighted by molar-refractivity contribution is 7.99. The number of benzene rings is 2. The number of ether oxygens (including phenoxy) is 2. The molecule has 4 rings (SSSR count). The Morgan fingerprint density at radius 3 is 2.35 bits per heavy atom. The molecule has 2 aromatic carbocycles. The lowest BCUT2D eigenvalue weighted by Crippen LogP contribution is -2.28. The van der Waals surface area contributed by atoms with E-state index in [1.54, 1.807) is 14.2 Å². The normalized spacial score (nSPS) is 15.2. The van der Waals surface area contributed by atoms with Crippen molar-refractivity contribution in [3.63, 3.8) is 0 Å². The number of aromatic nitrogens is 2. The van der Waals surface area contributed by atoms with Crippen LogP contribution in [0, 0.1) is 0 Å². The van der Waals surface area contributed by atoms with E-state index in [-0.39, 0.29) is 23.3 Å². The summed E-state index contributed by atoms with van der Waals surface area (Å²) < 4.78 is 10.5. The molecule has 9 heteroatoms. The fourth-order valence-electron chi connectivity index (χ4n) is 3.71. The molecule has 0 bridgehead atoms. The quantitative estimate of drug-likeness (QED) is 0.391. The van der Waals surface area contributed by atoms with Crippen LogP contribution >= 0.6 is 11.8 Å². The first-order chi connectivity index (χ1) is 16.5. The second kappa shape index (κ2) is 10.6. The van der Waals surface area contributed by atoms with E-state index in [1.165, 1.54) is 22.8 Å². The topological polar surface area (TPSA) is 96.9 Å². The molecular formula is C25H26N4O4S. The molecule has 0 saturated heterocycles. The molecule has 8 nitrogen and oxygen atoms in total. The summed E-state index contributed by atoms with van der Waals surface area (Å²) in [4.78, 5) is 32.2. The smallest absolute Gasteiger partial charge is 0.253 e. The van der Waals surface area contributed by atoms with Crippen LogP contribution in [0.2, 0.25) is 0 Å². The van der Waals surface area contributed by atoms with Gasteiger partial charge in [-0.2, -0.15) is 5.10 Å². The third-order valence-electron chi connectivity index (χ3n) is 5.56. The number of hydrazone groups is 1. The molecule has 0 radical (unpaired) electrons. The summed E-state index contributed by atoms with van der Waals surface area (Å²) in [5.74, 6) is 1.44. The van der Waals surface area contributed by atoms with Gasteiger partial charge in [0.25, 0.3) is 11.5 Å². The zero-order valence-corrected chi connectivity index (χ0v) is 20.1. The highest BCUT2D eigenvalue weighted by Gasteiger charge is 2.33. The molecule has 1 N–H and O–H groups in total. The molecule has 1 aliphatic rings. The first-order valence-electron chi connectivity index (χ1n) is 10.9. The molecule has 1 amide bonds. The van der Waals surface area contributed by atoms with Crippen molar-refractivity contribution in [3.05, 3.63) is 81.8 Å². The third-order valence-corrected chi connectivity index (χ3v) is 6.42. The van der Waals surface area contributed by atoms with Crippen LogP contribution in [0.15, 0.2) is 69.6 Å². The van der Waals surface area contributed by atoms with Crippen LogP contribution in [0.3, 0.4) is 0 Å². The summed E-state index contributed by atoms with van der Waals surface area (Å²) >= 11 is 1.20. The maximum atomic E-state index is 13.3. The molecular weight excluding hydrogens is 452 g/mol. The van der Waals surface area contributed by atoms with Crippen LogP contribution in [0.4, 0.5) is 0 Å². The van der Waals surface area contributed by atoms with Gasteiger partial charge in [0, 0.05) is 18.2 Å². The van der Waals surface area contributed by atoms with Crippen molar-refractivity contribution in [2.24, 2.45) is 5.10 Å². The third kappa shape index (κ3) is 5.31. The predicted octanol–water partition coefficient (Wildman–Crippen LogP) is 3.82. The summed E-state index contributed by atoms with van der Waals surface area (Å²) in [5, 5.41) is 6.67. The lowest BCUT2D eigenvalue weighted by Gasteiger charge is -2.22. The minimum absolute atomic E-state index is 0.0994. The second-order valence-electron chi connectivity index (χ2n) is 7.69. The molecule has 1 atom stereocenters. The molecule has 3 aromatic rings. The maximum Gasteiger partial charge on any atom is 0.253 e. The van der Waals surface area contributed by atoms with Gasteiger partial charge in [-0.05, 0) is 53.9 Å². The van der Waals surface area contributed by atoms with E-state index in [9.17, 15) is 9.59 Å². The van der Waals surface area contributed by atoms with Crippen LogP contribution in [-0.2, 0) is 11.2 Å². The first kappa shape index (κ1) is 23.6. The molecule has 176 valence electrons. The fourth-order valence-corrected chi connectivity index (χ4v) is 4.46. The molecule has 0 aliphatic carbocycles. The van der Waals surface area contributed by atoms with Gasteiger partial charge in [0.15, 0.2) is 5.16 Å². The van der Waals surface area contributed by atoms with E-state index < -0.39 is 0 Å². The molecule has 0 saturated carbocycles. The number of thioether (sulfide) groups is 1. The van der Waals surface area contributed by atoms with Crippen molar-refractivity contribution in [3.8, 4) is 11.5 Å². The zero-order valence-electron chi connectivity index (χ0n) is 19.3. The van der Waals surface area contributed by atoms with Crippen LogP contribution in [-0.4, -0.2) is 46.6 Å². The fraction of sp³-hybridized carbons (Fsp3) is 0.280. The van der Waals surface area contributed by atoms with Gasteiger partial charge in [0.2, 0.25) is 0 Å². The zero-order chi connectivity index (χ0) is 24.1. The summed E-state index contributed by atoms with van der Waals surface area (Å²) in [6, 6.07) is 16.5. The molecule has 34 heavy (non-hydrogen) atoms. The Kier molecular flexibility index (Phi) is 7.32. The van der Waals surface area contributed by atoms with Crippen molar-refractivity contribution in [1.29, 1.82) is 0 Å². The first-order valence-corrected chi connectivity index (χ1v) is 11.9. The number of H-pyrrole nitrogens is 1.